The average molecular weight is 310 g/mol. The number of aliphatic carboxylic acids is 1. The van der Waals surface area contributed by atoms with Crippen LogP contribution in [0.5, 0.6) is 5.75 Å². The molecule has 0 aromatic heterocycles. The molecule has 1 unspecified atom stereocenters. The number of carboxylic acid groups (broad SMARTS) is 1. The first-order valence-electron chi connectivity index (χ1n) is 7.12. The quantitative estimate of drug-likeness (QED) is 0.867. The average Bonchev–Trinajstić information content (AvgIpc) is 3.19. The molecule has 114 valence electrons. The SMILES string of the molecule is O=C(O)CC(c1ccc(OC2CS(=O)(=O)C2)cc1)C1CC1. The normalized spacial score (nSPS) is 22.3. The van der Waals surface area contributed by atoms with E-state index in [9.17, 15) is 13.2 Å². The van der Waals surface area contributed by atoms with E-state index in [0.717, 1.165) is 18.4 Å². The Bertz CT molecular complexity index is 619. The van der Waals surface area contributed by atoms with Crippen LogP contribution in [0.2, 0.25) is 0 Å². The summed E-state index contributed by atoms with van der Waals surface area (Å²) in [6.07, 6.45) is 2.09. The van der Waals surface area contributed by atoms with Crippen molar-refractivity contribution in [3.63, 3.8) is 0 Å². The van der Waals surface area contributed by atoms with Crippen molar-refractivity contribution in [2.75, 3.05) is 11.5 Å². The number of carbonyl (C=O) groups is 1. The van der Waals surface area contributed by atoms with Gasteiger partial charge >= 0.3 is 5.97 Å². The molecule has 5 nitrogen and oxygen atoms in total. The molecule has 0 amide bonds. The fourth-order valence-corrected chi connectivity index (χ4v) is 3.99. The summed E-state index contributed by atoms with van der Waals surface area (Å²) in [5.74, 6) is 0.581. The van der Waals surface area contributed by atoms with Crippen LogP contribution >= 0.6 is 0 Å². The second-order valence-electron chi connectivity index (χ2n) is 5.93. The number of ether oxygens (including phenoxy) is 1. The van der Waals surface area contributed by atoms with Gasteiger partial charge in [0.1, 0.15) is 11.9 Å². The van der Waals surface area contributed by atoms with Crippen LogP contribution in [0.3, 0.4) is 0 Å². The Hall–Kier alpha value is -1.56. The first-order chi connectivity index (χ1) is 9.93. The minimum absolute atomic E-state index is 0.0700. The maximum absolute atomic E-state index is 11.1. The molecule has 1 aromatic rings. The Kier molecular flexibility index (Phi) is 3.65. The number of hydrogen-bond donors (Lipinski definition) is 1. The molecule has 1 saturated carbocycles. The van der Waals surface area contributed by atoms with Gasteiger partial charge in [-0.05, 0) is 42.4 Å². The van der Waals surface area contributed by atoms with Gasteiger partial charge in [0.2, 0.25) is 0 Å². The molecule has 1 atom stereocenters. The van der Waals surface area contributed by atoms with Gasteiger partial charge in [0.15, 0.2) is 9.84 Å². The van der Waals surface area contributed by atoms with Gasteiger partial charge in [0.25, 0.3) is 0 Å². The summed E-state index contributed by atoms with van der Waals surface area (Å²) in [4.78, 5) is 11.0. The number of benzene rings is 1. The number of sulfone groups is 1. The first-order valence-corrected chi connectivity index (χ1v) is 8.94. The molecule has 3 rings (SSSR count). The fourth-order valence-electron chi connectivity index (χ4n) is 2.82. The van der Waals surface area contributed by atoms with Crippen LogP contribution in [0.15, 0.2) is 24.3 Å². The van der Waals surface area contributed by atoms with E-state index >= 15 is 0 Å². The van der Waals surface area contributed by atoms with E-state index in [1.807, 2.05) is 12.1 Å². The van der Waals surface area contributed by atoms with Crippen LogP contribution in [0, 0.1) is 5.92 Å². The summed E-state index contributed by atoms with van der Waals surface area (Å²) in [6.45, 7) is 0. The lowest BCUT2D eigenvalue weighted by atomic mass is 9.91. The molecule has 0 radical (unpaired) electrons. The van der Waals surface area contributed by atoms with Crippen molar-refractivity contribution in [3.05, 3.63) is 29.8 Å². The third kappa shape index (κ3) is 3.56. The second kappa shape index (κ2) is 5.33. The maximum Gasteiger partial charge on any atom is 0.303 e. The van der Waals surface area contributed by atoms with Crippen LogP contribution in [0.25, 0.3) is 0 Å². The van der Waals surface area contributed by atoms with Gasteiger partial charge in [-0.3, -0.25) is 4.79 Å². The Morgan fingerprint density at radius 2 is 1.86 bits per heavy atom. The largest absolute Gasteiger partial charge is 0.488 e. The molecule has 1 aromatic carbocycles. The Balaban J connectivity index is 1.64. The molecule has 1 saturated heterocycles. The highest BCUT2D eigenvalue weighted by molar-refractivity contribution is 7.92. The molecule has 1 aliphatic carbocycles. The molecular formula is C15H18O5S. The Morgan fingerprint density at radius 3 is 2.33 bits per heavy atom. The van der Waals surface area contributed by atoms with Crippen molar-refractivity contribution in [1.29, 1.82) is 0 Å². The predicted octanol–water partition coefficient (Wildman–Crippen LogP) is 1.83. The smallest absolute Gasteiger partial charge is 0.303 e. The van der Waals surface area contributed by atoms with E-state index in [1.165, 1.54) is 0 Å². The lowest BCUT2D eigenvalue weighted by molar-refractivity contribution is -0.137. The molecule has 1 heterocycles. The van der Waals surface area contributed by atoms with Crippen LogP contribution < -0.4 is 4.74 Å². The summed E-state index contributed by atoms with van der Waals surface area (Å²) in [6, 6.07) is 7.40. The third-order valence-corrected chi connectivity index (χ3v) is 5.84. The zero-order valence-electron chi connectivity index (χ0n) is 11.6. The van der Waals surface area contributed by atoms with E-state index in [4.69, 9.17) is 9.84 Å². The second-order valence-corrected chi connectivity index (χ2v) is 8.08. The zero-order chi connectivity index (χ0) is 15.0. The van der Waals surface area contributed by atoms with E-state index in [1.54, 1.807) is 12.1 Å². The van der Waals surface area contributed by atoms with E-state index in [0.29, 0.717) is 11.7 Å². The molecule has 6 heteroatoms. The summed E-state index contributed by atoms with van der Waals surface area (Å²) < 4.78 is 27.7. The molecule has 21 heavy (non-hydrogen) atoms. The first kappa shape index (κ1) is 14.4. The monoisotopic (exact) mass is 310 g/mol. The van der Waals surface area contributed by atoms with Gasteiger partial charge in [-0.25, -0.2) is 8.42 Å². The number of rotatable bonds is 6. The van der Waals surface area contributed by atoms with E-state index in [-0.39, 0.29) is 29.9 Å². The summed E-state index contributed by atoms with van der Waals surface area (Å²) >= 11 is 0. The van der Waals surface area contributed by atoms with Gasteiger partial charge in [-0.1, -0.05) is 12.1 Å². The molecule has 2 aliphatic rings. The van der Waals surface area contributed by atoms with Crippen LogP contribution in [0.4, 0.5) is 0 Å². The Morgan fingerprint density at radius 1 is 1.24 bits per heavy atom. The van der Waals surface area contributed by atoms with Crippen molar-refractivity contribution in [2.24, 2.45) is 5.92 Å². The number of hydrogen-bond acceptors (Lipinski definition) is 4. The highest BCUT2D eigenvalue weighted by Crippen LogP contribution is 2.44. The lowest BCUT2D eigenvalue weighted by Gasteiger charge is -2.26. The van der Waals surface area contributed by atoms with Gasteiger partial charge in [0, 0.05) is 0 Å². The van der Waals surface area contributed by atoms with Crippen LogP contribution in [0.1, 0.15) is 30.7 Å². The minimum atomic E-state index is -2.88. The van der Waals surface area contributed by atoms with Crippen molar-refractivity contribution >= 4 is 15.8 Å². The summed E-state index contributed by atoms with van der Waals surface area (Å²) in [5.41, 5.74) is 1.02. The van der Waals surface area contributed by atoms with Crippen molar-refractivity contribution in [3.8, 4) is 5.75 Å². The molecule has 2 fully saturated rings. The summed E-state index contributed by atoms with van der Waals surface area (Å²) in [7, 11) is -2.88. The lowest BCUT2D eigenvalue weighted by Crippen LogP contribution is -2.45. The maximum atomic E-state index is 11.1. The Labute approximate surface area is 123 Å². The van der Waals surface area contributed by atoms with Crippen LogP contribution in [-0.4, -0.2) is 37.1 Å². The molecular weight excluding hydrogens is 292 g/mol. The standard InChI is InChI=1S/C15H18O5S/c16-15(17)7-14(10-1-2-10)11-3-5-12(6-4-11)20-13-8-21(18,19)9-13/h3-6,10,13-14H,1-2,7-9H2,(H,16,17). The summed E-state index contributed by atoms with van der Waals surface area (Å²) in [5, 5.41) is 9.00. The zero-order valence-corrected chi connectivity index (χ0v) is 12.4. The van der Waals surface area contributed by atoms with Crippen molar-refractivity contribution in [1.82, 2.24) is 0 Å². The van der Waals surface area contributed by atoms with Crippen LogP contribution in [-0.2, 0) is 14.6 Å². The van der Waals surface area contributed by atoms with E-state index in [2.05, 4.69) is 0 Å². The van der Waals surface area contributed by atoms with Crippen molar-refractivity contribution in [2.45, 2.75) is 31.3 Å². The topological polar surface area (TPSA) is 80.7 Å². The van der Waals surface area contributed by atoms with Gasteiger partial charge in [-0.15, -0.1) is 0 Å². The number of carboxylic acids is 1. The fraction of sp³-hybridized carbons (Fsp3) is 0.533. The highest BCUT2D eigenvalue weighted by atomic mass is 32.2. The van der Waals surface area contributed by atoms with Gasteiger partial charge < -0.3 is 9.84 Å². The molecule has 1 aliphatic heterocycles. The van der Waals surface area contributed by atoms with Gasteiger partial charge in [0.05, 0.1) is 17.9 Å². The minimum Gasteiger partial charge on any atom is -0.488 e. The van der Waals surface area contributed by atoms with Crippen molar-refractivity contribution < 1.29 is 23.1 Å². The predicted molar refractivity (Wildman–Crippen MR) is 77.2 cm³/mol. The molecule has 0 spiro atoms. The van der Waals surface area contributed by atoms with E-state index < -0.39 is 15.8 Å². The molecule has 0 bridgehead atoms. The third-order valence-electron chi connectivity index (χ3n) is 4.08. The molecule has 1 N–H and O–H groups in total. The highest BCUT2D eigenvalue weighted by Gasteiger charge is 2.36. The van der Waals surface area contributed by atoms with Gasteiger partial charge in [-0.2, -0.15) is 0 Å².